The van der Waals surface area contributed by atoms with Gasteiger partial charge < -0.3 is 4.74 Å². The van der Waals surface area contributed by atoms with Gasteiger partial charge in [0.05, 0.1) is 7.11 Å². The molecule has 104 valence electrons. The van der Waals surface area contributed by atoms with Crippen LogP contribution in [0.2, 0.25) is 0 Å². The maximum Gasteiger partial charge on any atom is 0.238 e. The Labute approximate surface area is 129 Å². The van der Waals surface area contributed by atoms with Gasteiger partial charge in [0.25, 0.3) is 0 Å². The molecule has 0 bridgehead atoms. The number of rotatable bonds is 3. The molecule has 0 radical (unpaired) electrons. The van der Waals surface area contributed by atoms with Gasteiger partial charge in [0.15, 0.2) is 0 Å². The third-order valence-corrected chi connectivity index (χ3v) is 4.41. The van der Waals surface area contributed by atoms with Gasteiger partial charge >= 0.3 is 0 Å². The number of hydrogen-bond acceptors (Lipinski definition) is 1. The van der Waals surface area contributed by atoms with Gasteiger partial charge in [0.2, 0.25) is 21.1 Å². The van der Waals surface area contributed by atoms with Crippen molar-refractivity contribution in [2.75, 3.05) is 7.11 Å². The van der Waals surface area contributed by atoms with E-state index in [1.807, 2.05) is 29.5 Å². The lowest BCUT2D eigenvalue weighted by molar-refractivity contribution is 0.415. The summed E-state index contributed by atoms with van der Waals surface area (Å²) in [5.74, 6) is 0.889. The van der Waals surface area contributed by atoms with E-state index < -0.39 is 0 Å². The van der Waals surface area contributed by atoms with E-state index in [4.69, 9.17) is 4.74 Å². The van der Waals surface area contributed by atoms with Crippen LogP contribution in [0.4, 0.5) is 0 Å². The molecule has 1 nitrogen and oxygen atoms in total. The fourth-order valence-electron chi connectivity index (χ4n) is 2.33. The zero-order valence-electron chi connectivity index (χ0n) is 12.2. The molecular weight excluding hydrogens is 276 g/mol. The highest BCUT2D eigenvalue weighted by atomic mass is 32.1. The van der Waals surface area contributed by atoms with Crippen LogP contribution in [0.25, 0.3) is 21.6 Å². The molecule has 3 rings (SSSR count). The third-order valence-electron chi connectivity index (χ3n) is 3.40. The van der Waals surface area contributed by atoms with Crippen molar-refractivity contribution in [2.24, 2.45) is 0 Å². The van der Waals surface area contributed by atoms with Crippen LogP contribution >= 0.6 is 11.3 Å². The van der Waals surface area contributed by atoms with Gasteiger partial charge in [-0.25, -0.2) is 0 Å². The summed E-state index contributed by atoms with van der Waals surface area (Å²) in [5, 5.41) is 0. The van der Waals surface area contributed by atoms with Gasteiger partial charge in [0, 0.05) is 24.6 Å². The van der Waals surface area contributed by atoms with Crippen molar-refractivity contribution in [2.45, 2.75) is 6.92 Å². The highest BCUT2D eigenvalue weighted by molar-refractivity contribution is 7.15. The standard InChI is InChI=1S/C19H17OS/c1-14-12-17(15-6-4-3-5-7-15)13-19(21-14)16-8-10-18(20-2)11-9-16/h3-13H,1-2H3/q+1. The monoisotopic (exact) mass is 293 g/mol. The maximum absolute atomic E-state index is 5.23. The second-order valence-electron chi connectivity index (χ2n) is 4.92. The van der Waals surface area contributed by atoms with Gasteiger partial charge in [-0.15, -0.1) is 0 Å². The molecule has 0 saturated carbocycles. The quantitative estimate of drug-likeness (QED) is 0.564. The van der Waals surface area contributed by atoms with Crippen LogP contribution in [0.15, 0.2) is 66.7 Å². The van der Waals surface area contributed by atoms with E-state index in [-0.39, 0.29) is 0 Å². The molecule has 0 saturated heterocycles. The Morgan fingerprint density at radius 3 is 2.14 bits per heavy atom. The summed E-state index contributed by atoms with van der Waals surface area (Å²) >= 11 is 1.81. The van der Waals surface area contributed by atoms with Crippen molar-refractivity contribution in [1.29, 1.82) is 0 Å². The highest BCUT2D eigenvalue weighted by Crippen LogP contribution is 2.32. The van der Waals surface area contributed by atoms with Crippen molar-refractivity contribution < 1.29 is 4.74 Å². The first kappa shape index (κ1) is 13.8. The van der Waals surface area contributed by atoms with Gasteiger partial charge in [-0.05, 0) is 35.4 Å². The molecule has 0 spiro atoms. The molecule has 3 aromatic rings. The van der Waals surface area contributed by atoms with E-state index in [0.29, 0.717) is 0 Å². The third kappa shape index (κ3) is 3.11. The second-order valence-corrected chi connectivity index (χ2v) is 6.20. The summed E-state index contributed by atoms with van der Waals surface area (Å²) in [6.07, 6.45) is 0. The smallest absolute Gasteiger partial charge is 0.238 e. The van der Waals surface area contributed by atoms with Crippen molar-refractivity contribution in [1.82, 2.24) is 0 Å². The van der Waals surface area contributed by atoms with Crippen LogP contribution in [0.3, 0.4) is 0 Å². The minimum atomic E-state index is 0.889. The zero-order chi connectivity index (χ0) is 14.7. The molecule has 2 heteroatoms. The number of hydrogen-bond donors (Lipinski definition) is 0. The second kappa shape index (κ2) is 6.06. The number of aryl methyl sites for hydroxylation is 1. The molecule has 1 aromatic heterocycles. The molecule has 0 N–H and O–H groups in total. The molecule has 21 heavy (non-hydrogen) atoms. The first-order valence-electron chi connectivity index (χ1n) is 6.91. The van der Waals surface area contributed by atoms with Crippen LogP contribution in [0.1, 0.15) is 4.88 Å². The molecule has 0 aliphatic heterocycles. The number of ether oxygens (including phenoxy) is 1. The van der Waals surface area contributed by atoms with Gasteiger partial charge in [-0.2, -0.15) is 0 Å². The number of methoxy groups -OCH3 is 1. The summed E-state index contributed by atoms with van der Waals surface area (Å²) in [6, 6.07) is 23.2. The summed E-state index contributed by atoms with van der Waals surface area (Å²) < 4.78 is 5.23. The molecule has 0 aliphatic carbocycles. The topological polar surface area (TPSA) is 9.23 Å². The molecule has 0 atom stereocenters. The Morgan fingerprint density at radius 1 is 0.762 bits per heavy atom. The highest BCUT2D eigenvalue weighted by Gasteiger charge is 2.14. The average molecular weight is 293 g/mol. The minimum absolute atomic E-state index is 0.889. The Morgan fingerprint density at radius 2 is 1.48 bits per heavy atom. The molecule has 0 amide bonds. The molecule has 0 fully saturated rings. The Hall–Kier alpha value is -2.19. The van der Waals surface area contributed by atoms with Crippen LogP contribution in [-0.2, 0) is 0 Å². The predicted molar refractivity (Wildman–Crippen MR) is 90.9 cm³/mol. The Kier molecular flexibility index (Phi) is 3.98. The van der Waals surface area contributed by atoms with E-state index in [1.54, 1.807) is 7.11 Å². The van der Waals surface area contributed by atoms with Gasteiger partial charge in [-0.1, -0.05) is 30.3 Å². The lowest BCUT2D eigenvalue weighted by Gasteiger charge is -2.02. The van der Waals surface area contributed by atoms with Crippen LogP contribution in [-0.4, -0.2) is 7.11 Å². The normalized spacial score (nSPS) is 10.4. The summed E-state index contributed by atoms with van der Waals surface area (Å²) in [6.45, 7) is 2.16. The van der Waals surface area contributed by atoms with E-state index in [2.05, 4.69) is 55.5 Å². The van der Waals surface area contributed by atoms with Crippen LogP contribution in [0.5, 0.6) is 5.75 Å². The molecule has 1 heterocycles. The maximum atomic E-state index is 5.23. The molecule has 0 aliphatic rings. The van der Waals surface area contributed by atoms with Crippen molar-refractivity contribution in [3.63, 3.8) is 0 Å². The first-order chi connectivity index (χ1) is 10.3. The summed E-state index contributed by atoms with van der Waals surface area (Å²) in [4.78, 5) is 2.58. The molecular formula is C19H17OS+. The lowest BCUT2D eigenvalue weighted by Crippen LogP contribution is -1.84. The molecule has 0 unspecified atom stereocenters. The predicted octanol–water partition coefficient (Wildman–Crippen LogP) is 5.68. The van der Waals surface area contributed by atoms with Gasteiger partial charge in [-0.3, -0.25) is 0 Å². The van der Waals surface area contributed by atoms with Crippen molar-refractivity contribution >= 4 is 11.3 Å². The fourth-order valence-corrected chi connectivity index (χ4v) is 3.30. The number of benzene rings is 2. The van der Waals surface area contributed by atoms with Crippen LogP contribution in [0, 0.1) is 6.92 Å². The Balaban J connectivity index is 2.05. The van der Waals surface area contributed by atoms with E-state index in [0.717, 1.165) is 5.75 Å². The average Bonchev–Trinajstić information content (AvgIpc) is 2.55. The van der Waals surface area contributed by atoms with Gasteiger partial charge in [0.1, 0.15) is 5.75 Å². The first-order valence-corrected chi connectivity index (χ1v) is 7.72. The lowest BCUT2D eigenvalue weighted by atomic mass is 10.1. The summed E-state index contributed by atoms with van der Waals surface area (Å²) in [7, 11) is 1.69. The minimum Gasteiger partial charge on any atom is -0.497 e. The SMILES string of the molecule is COc1ccc(-c2cc(-c3ccccc3)cc(C)[s+]2)cc1. The van der Waals surface area contributed by atoms with Crippen LogP contribution < -0.4 is 4.74 Å². The van der Waals surface area contributed by atoms with Crippen molar-refractivity contribution in [3.8, 4) is 27.3 Å². The van der Waals surface area contributed by atoms with Crippen molar-refractivity contribution in [3.05, 3.63) is 71.6 Å². The van der Waals surface area contributed by atoms with E-state index >= 15 is 0 Å². The molecule has 2 aromatic carbocycles. The zero-order valence-corrected chi connectivity index (χ0v) is 13.0. The largest absolute Gasteiger partial charge is 0.497 e. The fraction of sp³-hybridized carbons (Fsp3) is 0.105. The summed E-state index contributed by atoms with van der Waals surface area (Å²) in [5.41, 5.74) is 3.74. The van der Waals surface area contributed by atoms with E-state index in [9.17, 15) is 0 Å². The van der Waals surface area contributed by atoms with E-state index in [1.165, 1.54) is 26.4 Å². The Bertz CT molecular complexity index is 733.